The molecule has 3 heterocycles. The molecule has 0 saturated carbocycles. The van der Waals surface area contributed by atoms with E-state index in [1.165, 1.54) is 0 Å². The van der Waals surface area contributed by atoms with Gasteiger partial charge in [0.15, 0.2) is 0 Å². The summed E-state index contributed by atoms with van der Waals surface area (Å²) in [5, 5.41) is 4.36. The first-order chi connectivity index (χ1) is 9.24. The number of aryl methyl sites for hydroxylation is 1. The van der Waals surface area contributed by atoms with E-state index >= 15 is 0 Å². The van der Waals surface area contributed by atoms with E-state index in [9.17, 15) is 0 Å². The minimum atomic E-state index is 0.505. The van der Waals surface area contributed by atoms with Gasteiger partial charge in [-0.3, -0.25) is 4.68 Å². The predicted octanol–water partition coefficient (Wildman–Crippen LogP) is 1.31. The molecule has 96 valence electrons. The number of pyridine rings is 1. The van der Waals surface area contributed by atoms with Crippen LogP contribution in [-0.4, -0.2) is 24.3 Å². The molecule has 0 aliphatic carbocycles. The van der Waals surface area contributed by atoms with Gasteiger partial charge in [0.25, 0.3) is 0 Å². The zero-order valence-electron chi connectivity index (χ0n) is 10.6. The summed E-state index contributed by atoms with van der Waals surface area (Å²) in [5.41, 5.74) is 8.71. The molecule has 0 unspecified atom stereocenters. The number of nitrogen functional groups attached to an aromatic ring is 1. The molecule has 0 atom stereocenters. The molecule has 0 radical (unpaired) electrons. The van der Waals surface area contributed by atoms with E-state index in [1.807, 2.05) is 36.0 Å². The monoisotopic (exact) mass is 254 g/mol. The van der Waals surface area contributed by atoms with Crippen molar-refractivity contribution in [2.45, 2.75) is 6.54 Å². The first kappa shape index (κ1) is 11.5. The summed E-state index contributed by atoms with van der Waals surface area (Å²) in [4.78, 5) is 8.29. The number of aromatic nitrogens is 5. The van der Waals surface area contributed by atoms with E-state index in [4.69, 9.17) is 5.73 Å². The highest BCUT2D eigenvalue weighted by molar-refractivity contribution is 5.70. The molecule has 0 aliphatic heterocycles. The lowest BCUT2D eigenvalue weighted by Gasteiger charge is -2.08. The van der Waals surface area contributed by atoms with Gasteiger partial charge in [-0.05, 0) is 18.2 Å². The number of nitrogens with zero attached hydrogens (tertiary/aromatic N) is 5. The molecule has 6 heteroatoms. The van der Waals surface area contributed by atoms with Crippen LogP contribution in [0.1, 0.15) is 5.69 Å². The fourth-order valence-electron chi connectivity index (χ4n) is 2.03. The molecule has 0 amide bonds. The summed E-state index contributed by atoms with van der Waals surface area (Å²) < 4.78 is 3.79. The summed E-state index contributed by atoms with van der Waals surface area (Å²) in [6.07, 6.45) is 7.16. The number of nitrogens with two attached hydrogens (primary N) is 1. The predicted molar refractivity (Wildman–Crippen MR) is 72.2 cm³/mol. The van der Waals surface area contributed by atoms with E-state index in [-0.39, 0.29) is 0 Å². The van der Waals surface area contributed by atoms with Crippen molar-refractivity contribution in [1.29, 1.82) is 0 Å². The van der Waals surface area contributed by atoms with Crippen molar-refractivity contribution in [2.24, 2.45) is 7.05 Å². The Hall–Kier alpha value is -2.63. The Labute approximate surface area is 110 Å². The van der Waals surface area contributed by atoms with Gasteiger partial charge in [0, 0.05) is 25.0 Å². The normalized spacial score (nSPS) is 10.8. The van der Waals surface area contributed by atoms with Crippen LogP contribution in [0.2, 0.25) is 0 Å². The summed E-state index contributed by atoms with van der Waals surface area (Å²) in [6, 6.07) is 5.79. The van der Waals surface area contributed by atoms with E-state index in [0.717, 1.165) is 17.0 Å². The van der Waals surface area contributed by atoms with Crippen LogP contribution in [0.15, 0.2) is 43.1 Å². The van der Waals surface area contributed by atoms with Crippen LogP contribution in [0.25, 0.3) is 11.3 Å². The maximum Gasteiger partial charge on any atom is 0.132 e. The molecule has 0 aromatic carbocycles. The van der Waals surface area contributed by atoms with Crippen molar-refractivity contribution >= 4 is 5.82 Å². The number of anilines is 1. The van der Waals surface area contributed by atoms with Gasteiger partial charge >= 0.3 is 0 Å². The van der Waals surface area contributed by atoms with Gasteiger partial charge in [-0.15, -0.1) is 0 Å². The average molecular weight is 254 g/mol. The van der Waals surface area contributed by atoms with Gasteiger partial charge in [0.2, 0.25) is 0 Å². The molecular formula is C13H14N6. The fourth-order valence-corrected chi connectivity index (χ4v) is 2.03. The van der Waals surface area contributed by atoms with Gasteiger partial charge in [-0.1, -0.05) is 0 Å². The van der Waals surface area contributed by atoms with Crippen LogP contribution in [0.3, 0.4) is 0 Å². The second-order valence-electron chi connectivity index (χ2n) is 4.32. The first-order valence-electron chi connectivity index (χ1n) is 5.93. The van der Waals surface area contributed by atoms with Crippen molar-refractivity contribution in [3.63, 3.8) is 0 Å². The Kier molecular flexibility index (Phi) is 2.75. The summed E-state index contributed by atoms with van der Waals surface area (Å²) >= 11 is 0. The average Bonchev–Trinajstić information content (AvgIpc) is 3.00. The SMILES string of the molecule is Cn1ccc(Cn2cncc2-c2cccnc2N)n1. The topological polar surface area (TPSA) is 74.5 Å². The zero-order chi connectivity index (χ0) is 13.2. The Morgan fingerprint density at radius 2 is 2.21 bits per heavy atom. The van der Waals surface area contributed by atoms with E-state index < -0.39 is 0 Å². The van der Waals surface area contributed by atoms with E-state index in [0.29, 0.717) is 12.4 Å². The van der Waals surface area contributed by atoms with Gasteiger partial charge in [-0.25, -0.2) is 9.97 Å². The van der Waals surface area contributed by atoms with Crippen LogP contribution in [0, 0.1) is 0 Å². The smallest absolute Gasteiger partial charge is 0.132 e. The van der Waals surface area contributed by atoms with Gasteiger partial charge in [-0.2, -0.15) is 5.10 Å². The highest BCUT2D eigenvalue weighted by Crippen LogP contribution is 2.23. The molecule has 0 bridgehead atoms. The number of hydrogen-bond donors (Lipinski definition) is 1. The summed E-state index contributed by atoms with van der Waals surface area (Å²) in [5.74, 6) is 0.505. The van der Waals surface area contributed by atoms with Crippen LogP contribution in [0.4, 0.5) is 5.82 Å². The lowest BCUT2D eigenvalue weighted by Crippen LogP contribution is -2.03. The summed E-state index contributed by atoms with van der Waals surface area (Å²) in [7, 11) is 1.90. The van der Waals surface area contributed by atoms with Gasteiger partial charge < -0.3 is 10.3 Å². The third kappa shape index (κ3) is 2.20. The van der Waals surface area contributed by atoms with Crippen LogP contribution >= 0.6 is 0 Å². The zero-order valence-corrected chi connectivity index (χ0v) is 10.6. The van der Waals surface area contributed by atoms with Crippen molar-refractivity contribution in [1.82, 2.24) is 24.3 Å². The Morgan fingerprint density at radius 3 is 2.95 bits per heavy atom. The lowest BCUT2D eigenvalue weighted by molar-refractivity contribution is 0.708. The minimum absolute atomic E-state index is 0.505. The van der Waals surface area contributed by atoms with Gasteiger partial charge in [0.1, 0.15) is 5.82 Å². The molecule has 3 aromatic heterocycles. The molecule has 2 N–H and O–H groups in total. The second kappa shape index (κ2) is 4.56. The number of hydrogen-bond acceptors (Lipinski definition) is 4. The largest absolute Gasteiger partial charge is 0.383 e. The van der Waals surface area contributed by atoms with Crippen molar-refractivity contribution in [3.05, 3.63) is 48.8 Å². The Bertz CT molecular complexity index is 696. The molecule has 6 nitrogen and oxygen atoms in total. The molecule has 0 fully saturated rings. The maximum absolute atomic E-state index is 5.91. The quantitative estimate of drug-likeness (QED) is 0.764. The first-order valence-corrected chi connectivity index (χ1v) is 5.93. The molecule has 19 heavy (non-hydrogen) atoms. The molecule has 0 aliphatic rings. The number of imidazole rings is 1. The third-order valence-corrected chi connectivity index (χ3v) is 2.93. The molecular weight excluding hydrogens is 240 g/mol. The van der Waals surface area contributed by atoms with Gasteiger partial charge in [0.05, 0.1) is 30.5 Å². The highest BCUT2D eigenvalue weighted by Gasteiger charge is 2.10. The van der Waals surface area contributed by atoms with E-state index in [1.54, 1.807) is 23.4 Å². The maximum atomic E-state index is 5.91. The lowest BCUT2D eigenvalue weighted by atomic mass is 10.2. The molecule has 3 aromatic rings. The molecule has 0 spiro atoms. The number of rotatable bonds is 3. The summed E-state index contributed by atoms with van der Waals surface area (Å²) in [6.45, 7) is 0.657. The highest BCUT2D eigenvalue weighted by atomic mass is 15.3. The standard InChI is InChI=1S/C13H14N6/c1-18-6-4-10(17-18)8-19-9-15-7-12(19)11-3-2-5-16-13(11)14/h2-7,9H,8H2,1H3,(H2,14,16). The fraction of sp³-hybridized carbons (Fsp3) is 0.154. The Morgan fingerprint density at radius 1 is 1.32 bits per heavy atom. The second-order valence-corrected chi connectivity index (χ2v) is 4.32. The van der Waals surface area contributed by atoms with Crippen molar-refractivity contribution in [2.75, 3.05) is 5.73 Å². The van der Waals surface area contributed by atoms with Crippen LogP contribution in [-0.2, 0) is 13.6 Å². The Balaban J connectivity index is 1.97. The molecule has 0 saturated heterocycles. The third-order valence-electron chi connectivity index (χ3n) is 2.93. The van der Waals surface area contributed by atoms with Crippen LogP contribution in [0.5, 0.6) is 0 Å². The molecule has 3 rings (SSSR count). The minimum Gasteiger partial charge on any atom is -0.383 e. The van der Waals surface area contributed by atoms with E-state index in [2.05, 4.69) is 15.1 Å². The van der Waals surface area contributed by atoms with Crippen LogP contribution < -0.4 is 5.73 Å². The van der Waals surface area contributed by atoms with Crippen molar-refractivity contribution in [3.8, 4) is 11.3 Å². The van der Waals surface area contributed by atoms with Crippen molar-refractivity contribution < 1.29 is 0 Å².